The topological polar surface area (TPSA) is 49.7 Å². The SMILES string of the molecule is CC(O)C1(C)SC(C[C@H]2CC3CCC2C3)=NC1=O. The second-order valence-electron chi connectivity index (χ2n) is 6.33. The first-order valence-corrected chi connectivity index (χ1v) is 7.79. The lowest BCUT2D eigenvalue weighted by Gasteiger charge is -2.25. The lowest BCUT2D eigenvalue weighted by atomic mass is 9.87. The predicted molar refractivity (Wildman–Crippen MR) is 73.7 cm³/mol. The molecule has 2 saturated carbocycles. The number of aliphatic hydroxyl groups is 1. The maximum Gasteiger partial charge on any atom is 0.265 e. The van der Waals surface area contributed by atoms with Gasteiger partial charge in [0.2, 0.25) is 0 Å². The smallest absolute Gasteiger partial charge is 0.265 e. The van der Waals surface area contributed by atoms with Gasteiger partial charge in [0.25, 0.3) is 5.91 Å². The Hall–Kier alpha value is -0.350. The Balaban J connectivity index is 1.65. The molecular formula is C14H21NO2S. The summed E-state index contributed by atoms with van der Waals surface area (Å²) in [6, 6.07) is 0. The largest absolute Gasteiger partial charge is 0.391 e. The molecule has 4 unspecified atom stereocenters. The Bertz CT molecular complexity index is 407. The highest BCUT2D eigenvalue weighted by Gasteiger charge is 2.47. The molecule has 3 nitrogen and oxygen atoms in total. The number of rotatable bonds is 3. The molecule has 1 heterocycles. The van der Waals surface area contributed by atoms with E-state index >= 15 is 0 Å². The van der Waals surface area contributed by atoms with E-state index in [1.807, 2.05) is 6.92 Å². The van der Waals surface area contributed by atoms with Crippen molar-refractivity contribution >= 4 is 22.7 Å². The van der Waals surface area contributed by atoms with Crippen LogP contribution in [0.3, 0.4) is 0 Å². The van der Waals surface area contributed by atoms with Crippen LogP contribution in [0.25, 0.3) is 0 Å². The second-order valence-corrected chi connectivity index (χ2v) is 7.86. The van der Waals surface area contributed by atoms with Gasteiger partial charge in [0.1, 0.15) is 4.75 Å². The third kappa shape index (κ3) is 1.94. The second kappa shape index (κ2) is 4.34. The van der Waals surface area contributed by atoms with E-state index in [0.717, 1.165) is 29.2 Å². The lowest BCUT2D eigenvalue weighted by Crippen LogP contribution is -2.38. The minimum Gasteiger partial charge on any atom is -0.391 e. The minimum atomic E-state index is -0.743. The number of carbonyl (C=O) groups is 1. The molecule has 5 atom stereocenters. The van der Waals surface area contributed by atoms with Gasteiger partial charge in [-0.3, -0.25) is 4.79 Å². The number of fused-ring (bicyclic) bond motifs is 2. The van der Waals surface area contributed by atoms with Crippen LogP contribution in [0.1, 0.15) is 46.0 Å². The standard InChI is InChI=1S/C14H21NO2S/c1-8(16)14(2)13(17)15-12(18-14)7-11-6-9-3-4-10(11)5-9/h8-11,16H,3-7H2,1-2H3/t8?,9?,10?,11-,14?/m1/s1. The quantitative estimate of drug-likeness (QED) is 0.855. The van der Waals surface area contributed by atoms with Crippen LogP contribution in [-0.2, 0) is 4.79 Å². The maximum absolute atomic E-state index is 11.9. The molecule has 3 rings (SSSR count). The highest BCUT2D eigenvalue weighted by atomic mass is 32.2. The van der Waals surface area contributed by atoms with Crippen molar-refractivity contribution in [3.05, 3.63) is 0 Å². The Labute approximate surface area is 112 Å². The van der Waals surface area contributed by atoms with Gasteiger partial charge < -0.3 is 5.11 Å². The summed E-state index contributed by atoms with van der Waals surface area (Å²) in [6.07, 6.45) is 5.81. The molecule has 2 bridgehead atoms. The van der Waals surface area contributed by atoms with Gasteiger partial charge in [0.15, 0.2) is 0 Å². The summed E-state index contributed by atoms with van der Waals surface area (Å²) >= 11 is 1.49. The Morgan fingerprint density at radius 2 is 2.28 bits per heavy atom. The zero-order chi connectivity index (χ0) is 12.9. The van der Waals surface area contributed by atoms with Crippen molar-refractivity contribution in [2.45, 2.75) is 56.8 Å². The summed E-state index contributed by atoms with van der Waals surface area (Å²) in [5.74, 6) is 2.39. The molecule has 3 aliphatic rings. The average Bonchev–Trinajstić information content (AvgIpc) is 2.95. The Kier molecular flexibility index (Phi) is 3.06. The number of hydrogen-bond donors (Lipinski definition) is 1. The van der Waals surface area contributed by atoms with E-state index in [9.17, 15) is 9.90 Å². The molecule has 18 heavy (non-hydrogen) atoms. The van der Waals surface area contributed by atoms with Crippen molar-refractivity contribution in [2.24, 2.45) is 22.7 Å². The van der Waals surface area contributed by atoms with Crippen LogP contribution in [0.4, 0.5) is 0 Å². The van der Waals surface area contributed by atoms with Crippen molar-refractivity contribution in [3.63, 3.8) is 0 Å². The van der Waals surface area contributed by atoms with Gasteiger partial charge in [-0.05, 0) is 57.3 Å². The molecule has 0 spiro atoms. The van der Waals surface area contributed by atoms with Crippen LogP contribution in [0.15, 0.2) is 4.99 Å². The van der Waals surface area contributed by atoms with Gasteiger partial charge in [-0.25, -0.2) is 4.99 Å². The fraction of sp³-hybridized carbons (Fsp3) is 0.857. The molecule has 0 aromatic heterocycles. The number of aliphatic hydroxyl groups excluding tert-OH is 1. The molecule has 1 aliphatic heterocycles. The fourth-order valence-electron chi connectivity index (χ4n) is 3.74. The van der Waals surface area contributed by atoms with Gasteiger partial charge in [-0.1, -0.05) is 18.2 Å². The van der Waals surface area contributed by atoms with Gasteiger partial charge in [0.05, 0.1) is 11.1 Å². The molecule has 0 aromatic carbocycles. The number of carbonyl (C=O) groups excluding carboxylic acids is 1. The first-order valence-electron chi connectivity index (χ1n) is 6.98. The number of amides is 1. The molecule has 2 fully saturated rings. The first-order chi connectivity index (χ1) is 8.49. The summed E-state index contributed by atoms with van der Waals surface area (Å²) < 4.78 is -0.743. The summed E-state index contributed by atoms with van der Waals surface area (Å²) in [7, 11) is 0. The van der Waals surface area contributed by atoms with Crippen LogP contribution >= 0.6 is 11.8 Å². The van der Waals surface area contributed by atoms with E-state index in [-0.39, 0.29) is 5.91 Å². The molecular weight excluding hydrogens is 246 g/mol. The van der Waals surface area contributed by atoms with Gasteiger partial charge in [0, 0.05) is 0 Å². The maximum atomic E-state index is 11.9. The summed E-state index contributed by atoms with van der Waals surface area (Å²) in [5.41, 5.74) is 0. The highest BCUT2D eigenvalue weighted by Crippen LogP contribution is 2.51. The Morgan fingerprint density at radius 1 is 1.50 bits per heavy atom. The Morgan fingerprint density at radius 3 is 2.78 bits per heavy atom. The van der Waals surface area contributed by atoms with Crippen LogP contribution in [0, 0.1) is 17.8 Å². The van der Waals surface area contributed by atoms with Crippen LogP contribution in [0.5, 0.6) is 0 Å². The number of nitrogens with zero attached hydrogens (tertiary/aromatic N) is 1. The van der Waals surface area contributed by atoms with Crippen molar-refractivity contribution in [2.75, 3.05) is 0 Å². The van der Waals surface area contributed by atoms with E-state index < -0.39 is 10.9 Å². The molecule has 4 heteroatoms. The zero-order valence-electron chi connectivity index (χ0n) is 11.1. The fourth-order valence-corrected chi connectivity index (χ4v) is 4.96. The van der Waals surface area contributed by atoms with Gasteiger partial charge in [-0.15, -0.1) is 0 Å². The number of thioether (sulfide) groups is 1. The van der Waals surface area contributed by atoms with Gasteiger partial charge in [-0.2, -0.15) is 0 Å². The van der Waals surface area contributed by atoms with Crippen LogP contribution in [-0.4, -0.2) is 26.9 Å². The molecule has 0 saturated heterocycles. The summed E-state index contributed by atoms with van der Waals surface area (Å²) in [4.78, 5) is 16.1. The van der Waals surface area contributed by atoms with Crippen molar-refractivity contribution < 1.29 is 9.90 Å². The van der Waals surface area contributed by atoms with Gasteiger partial charge >= 0.3 is 0 Å². The minimum absolute atomic E-state index is 0.152. The monoisotopic (exact) mass is 267 g/mol. The van der Waals surface area contributed by atoms with Crippen LogP contribution < -0.4 is 0 Å². The molecule has 2 aliphatic carbocycles. The number of aliphatic imine (C=N–C) groups is 1. The molecule has 1 amide bonds. The normalized spacial score (nSPS) is 44.5. The van der Waals surface area contributed by atoms with E-state index in [2.05, 4.69) is 4.99 Å². The number of hydrogen-bond acceptors (Lipinski definition) is 3. The zero-order valence-corrected chi connectivity index (χ0v) is 11.9. The van der Waals surface area contributed by atoms with Crippen molar-refractivity contribution in [1.29, 1.82) is 0 Å². The first kappa shape index (κ1) is 12.7. The third-order valence-electron chi connectivity index (χ3n) is 5.10. The molecule has 0 aromatic rings. The van der Waals surface area contributed by atoms with E-state index in [1.54, 1.807) is 6.92 Å². The molecule has 100 valence electrons. The highest BCUT2D eigenvalue weighted by molar-refractivity contribution is 8.16. The lowest BCUT2D eigenvalue weighted by molar-refractivity contribution is -0.121. The predicted octanol–water partition coefficient (Wildman–Crippen LogP) is 2.62. The van der Waals surface area contributed by atoms with Crippen LogP contribution in [0.2, 0.25) is 0 Å². The molecule has 1 N–H and O–H groups in total. The van der Waals surface area contributed by atoms with E-state index in [0.29, 0.717) is 0 Å². The van der Waals surface area contributed by atoms with Crippen molar-refractivity contribution in [1.82, 2.24) is 0 Å². The summed E-state index contributed by atoms with van der Waals surface area (Å²) in [5, 5.41) is 10.7. The van der Waals surface area contributed by atoms with E-state index in [4.69, 9.17) is 0 Å². The third-order valence-corrected chi connectivity index (χ3v) is 6.53. The van der Waals surface area contributed by atoms with Crippen molar-refractivity contribution in [3.8, 4) is 0 Å². The van der Waals surface area contributed by atoms with E-state index in [1.165, 1.54) is 37.4 Å². The average molecular weight is 267 g/mol. The summed E-state index contributed by atoms with van der Waals surface area (Å²) in [6.45, 7) is 3.49. The molecule has 0 radical (unpaired) electrons.